The van der Waals surface area contributed by atoms with E-state index in [4.69, 9.17) is 16.0 Å². The number of rotatable bonds is 5. The van der Waals surface area contributed by atoms with Crippen LogP contribution in [0.15, 0.2) is 29.4 Å². The molecule has 0 aromatic heterocycles. The molecular weight excluding hydrogens is 220 g/mol. The average Bonchev–Trinajstić information content (AvgIpc) is 2.34. The maximum atomic E-state index is 11.2. The summed E-state index contributed by atoms with van der Waals surface area (Å²) >= 11 is 0. The van der Waals surface area contributed by atoms with E-state index < -0.39 is 5.91 Å². The summed E-state index contributed by atoms with van der Waals surface area (Å²) < 4.78 is 5.00. The molecule has 0 aliphatic heterocycles. The number of ether oxygens (including phenoxy) is 1. The van der Waals surface area contributed by atoms with Gasteiger partial charge in [0, 0.05) is 17.0 Å². The summed E-state index contributed by atoms with van der Waals surface area (Å²) in [5.41, 5.74) is 14.4. The Morgan fingerprint density at radius 3 is 3.00 bits per heavy atom. The molecular formula is C11H12N4O2. The Balaban J connectivity index is 3.02. The first kappa shape index (κ1) is 12.6. The molecule has 0 heterocycles. The van der Waals surface area contributed by atoms with Gasteiger partial charge in [-0.15, -0.1) is 0 Å². The zero-order valence-corrected chi connectivity index (χ0v) is 9.33. The van der Waals surface area contributed by atoms with Crippen molar-refractivity contribution < 1.29 is 9.53 Å². The molecule has 0 saturated carbocycles. The highest BCUT2D eigenvalue weighted by atomic mass is 16.5. The molecule has 6 heteroatoms. The molecule has 0 aliphatic rings. The number of nitrogens with zero attached hydrogens (tertiary/aromatic N) is 3. The number of hydrogen-bond donors (Lipinski definition) is 1. The Morgan fingerprint density at radius 1 is 1.65 bits per heavy atom. The summed E-state index contributed by atoms with van der Waals surface area (Å²) in [5, 5.41) is 3.35. The molecule has 1 aromatic rings. The van der Waals surface area contributed by atoms with Gasteiger partial charge in [0.15, 0.2) is 0 Å². The molecule has 0 fully saturated rings. The van der Waals surface area contributed by atoms with E-state index in [0.717, 1.165) is 0 Å². The van der Waals surface area contributed by atoms with Gasteiger partial charge in [0.25, 0.3) is 0 Å². The SMILES string of the molecule is COc1ccc(C=CCN=[N+]=[N-])c(C(N)=O)c1. The molecule has 0 saturated heterocycles. The number of primary amides is 1. The Kier molecular flexibility index (Phi) is 4.59. The van der Waals surface area contributed by atoms with Crippen molar-refractivity contribution in [1.82, 2.24) is 0 Å². The molecule has 0 aliphatic carbocycles. The number of hydrogen-bond acceptors (Lipinski definition) is 3. The van der Waals surface area contributed by atoms with Crippen LogP contribution in [0.3, 0.4) is 0 Å². The summed E-state index contributed by atoms with van der Waals surface area (Å²) in [7, 11) is 1.51. The first-order valence-electron chi connectivity index (χ1n) is 4.84. The normalized spacial score (nSPS) is 9.94. The van der Waals surface area contributed by atoms with Crippen molar-refractivity contribution in [2.24, 2.45) is 10.8 Å². The zero-order valence-electron chi connectivity index (χ0n) is 9.33. The lowest BCUT2D eigenvalue weighted by Gasteiger charge is -2.05. The fourth-order valence-corrected chi connectivity index (χ4v) is 1.28. The number of benzene rings is 1. The van der Waals surface area contributed by atoms with E-state index in [1.165, 1.54) is 7.11 Å². The van der Waals surface area contributed by atoms with Crippen LogP contribution in [0.5, 0.6) is 5.75 Å². The van der Waals surface area contributed by atoms with Crippen molar-refractivity contribution >= 4 is 12.0 Å². The van der Waals surface area contributed by atoms with Gasteiger partial charge < -0.3 is 10.5 Å². The van der Waals surface area contributed by atoms with Gasteiger partial charge in [0.05, 0.1) is 7.11 Å². The lowest BCUT2D eigenvalue weighted by atomic mass is 10.1. The van der Waals surface area contributed by atoms with E-state index in [1.807, 2.05) is 0 Å². The Hall–Kier alpha value is -2.46. The largest absolute Gasteiger partial charge is 0.497 e. The molecule has 88 valence electrons. The highest BCUT2D eigenvalue weighted by Gasteiger charge is 2.07. The van der Waals surface area contributed by atoms with Crippen molar-refractivity contribution in [2.45, 2.75) is 0 Å². The number of carbonyl (C=O) groups is 1. The number of amides is 1. The van der Waals surface area contributed by atoms with E-state index in [1.54, 1.807) is 30.4 Å². The van der Waals surface area contributed by atoms with Crippen LogP contribution in [0.4, 0.5) is 0 Å². The van der Waals surface area contributed by atoms with Gasteiger partial charge in [0.1, 0.15) is 5.75 Å². The van der Waals surface area contributed by atoms with Crippen LogP contribution in [0, 0.1) is 0 Å². The van der Waals surface area contributed by atoms with Gasteiger partial charge >= 0.3 is 0 Å². The second-order valence-corrected chi connectivity index (χ2v) is 3.13. The zero-order chi connectivity index (χ0) is 12.7. The molecule has 6 nitrogen and oxygen atoms in total. The first-order valence-corrected chi connectivity index (χ1v) is 4.84. The van der Waals surface area contributed by atoms with Crippen molar-refractivity contribution in [3.05, 3.63) is 45.8 Å². The second kappa shape index (κ2) is 6.19. The lowest BCUT2D eigenvalue weighted by molar-refractivity contribution is 0.1000. The smallest absolute Gasteiger partial charge is 0.249 e. The van der Waals surface area contributed by atoms with E-state index in [-0.39, 0.29) is 6.54 Å². The topological polar surface area (TPSA) is 101 Å². The van der Waals surface area contributed by atoms with Crippen LogP contribution in [-0.4, -0.2) is 19.6 Å². The van der Waals surface area contributed by atoms with E-state index in [2.05, 4.69) is 10.0 Å². The van der Waals surface area contributed by atoms with Gasteiger partial charge in [-0.05, 0) is 23.2 Å². The van der Waals surface area contributed by atoms with E-state index >= 15 is 0 Å². The maximum Gasteiger partial charge on any atom is 0.249 e. The molecule has 0 radical (unpaired) electrons. The third-order valence-corrected chi connectivity index (χ3v) is 2.07. The maximum absolute atomic E-state index is 11.2. The third-order valence-electron chi connectivity index (χ3n) is 2.07. The minimum Gasteiger partial charge on any atom is -0.497 e. The van der Waals surface area contributed by atoms with Crippen molar-refractivity contribution in [3.8, 4) is 5.75 Å². The molecule has 0 atom stereocenters. The minimum absolute atomic E-state index is 0.223. The fraction of sp³-hybridized carbons (Fsp3) is 0.182. The average molecular weight is 232 g/mol. The van der Waals surface area contributed by atoms with Gasteiger partial charge in [-0.1, -0.05) is 23.3 Å². The third kappa shape index (κ3) is 3.55. The summed E-state index contributed by atoms with van der Waals surface area (Å²) in [4.78, 5) is 13.8. The van der Waals surface area contributed by atoms with Crippen molar-refractivity contribution in [3.63, 3.8) is 0 Å². The van der Waals surface area contributed by atoms with Gasteiger partial charge in [0.2, 0.25) is 5.91 Å². The molecule has 2 N–H and O–H groups in total. The van der Waals surface area contributed by atoms with Gasteiger partial charge in [-0.25, -0.2) is 0 Å². The summed E-state index contributed by atoms with van der Waals surface area (Å²) in [5.74, 6) is 0.0262. The number of nitrogens with two attached hydrogens (primary N) is 1. The highest BCUT2D eigenvalue weighted by Crippen LogP contribution is 2.18. The summed E-state index contributed by atoms with van der Waals surface area (Å²) in [6, 6.07) is 5.00. The first-order chi connectivity index (χ1) is 8.19. The summed E-state index contributed by atoms with van der Waals surface area (Å²) in [6.45, 7) is 0.223. The quantitative estimate of drug-likeness (QED) is 0.477. The minimum atomic E-state index is -0.535. The van der Waals surface area contributed by atoms with Crippen LogP contribution >= 0.6 is 0 Å². The van der Waals surface area contributed by atoms with Crippen LogP contribution in [0.25, 0.3) is 16.5 Å². The predicted octanol–water partition coefficient (Wildman–Crippen LogP) is 2.12. The van der Waals surface area contributed by atoms with Gasteiger partial charge in [-0.2, -0.15) is 0 Å². The Bertz CT molecular complexity index is 490. The predicted molar refractivity (Wildman–Crippen MR) is 64.6 cm³/mol. The fourth-order valence-electron chi connectivity index (χ4n) is 1.28. The van der Waals surface area contributed by atoms with E-state index in [0.29, 0.717) is 16.9 Å². The molecule has 17 heavy (non-hydrogen) atoms. The van der Waals surface area contributed by atoms with Crippen molar-refractivity contribution in [1.29, 1.82) is 0 Å². The van der Waals surface area contributed by atoms with Crippen LogP contribution in [-0.2, 0) is 0 Å². The molecule has 1 amide bonds. The number of methoxy groups -OCH3 is 1. The van der Waals surface area contributed by atoms with Crippen molar-refractivity contribution in [2.75, 3.05) is 13.7 Å². The summed E-state index contributed by atoms with van der Waals surface area (Å²) in [6.07, 6.45) is 3.32. The van der Waals surface area contributed by atoms with Crippen LogP contribution in [0.2, 0.25) is 0 Å². The Labute approximate surface area is 98.3 Å². The molecule has 1 aromatic carbocycles. The second-order valence-electron chi connectivity index (χ2n) is 3.13. The lowest BCUT2D eigenvalue weighted by Crippen LogP contribution is -2.12. The van der Waals surface area contributed by atoms with Crippen LogP contribution in [0.1, 0.15) is 15.9 Å². The molecule has 0 spiro atoms. The highest BCUT2D eigenvalue weighted by molar-refractivity contribution is 5.97. The van der Waals surface area contributed by atoms with Gasteiger partial charge in [-0.3, -0.25) is 4.79 Å². The number of azide groups is 1. The van der Waals surface area contributed by atoms with Crippen LogP contribution < -0.4 is 10.5 Å². The standard InChI is InChI=1S/C11H12N4O2/c1-17-9-5-4-8(3-2-6-14-15-13)10(7-9)11(12)16/h2-5,7H,6H2,1H3,(H2,12,16). The monoisotopic (exact) mass is 232 g/mol. The molecule has 0 bridgehead atoms. The Morgan fingerprint density at radius 2 is 2.41 bits per heavy atom. The number of carbonyl (C=O) groups excluding carboxylic acids is 1. The molecule has 1 rings (SSSR count). The van der Waals surface area contributed by atoms with E-state index in [9.17, 15) is 4.79 Å². The molecule has 0 unspecified atom stereocenters.